The molecule has 0 spiro atoms. The van der Waals surface area contributed by atoms with Crippen LogP contribution in [0.25, 0.3) is 10.9 Å². The van der Waals surface area contributed by atoms with E-state index in [9.17, 15) is 9.59 Å². The lowest BCUT2D eigenvalue weighted by atomic mass is 9.76. The Morgan fingerprint density at radius 2 is 2.04 bits per heavy atom. The van der Waals surface area contributed by atoms with Gasteiger partial charge in [-0.1, -0.05) is 18.2 Å². The van der Waals surface area contributed by atoms with E-state index in [2.05, 4.69) is 22.4 Å². The molecule has 1 aromatic heterocycles. The maximum atomic E-state index is 13.1. The van der Waals surface area contributed by atoms with Crippen molar-refractivity contribution in [1.29, 1.82) is 0 Å². The molecule has 4 rings (SSSR count). The number of para-hydroxylation sites is 1. The van der Waals surface area contributed by atoms with Crippen molar-refractivity contribution in [3.8, 4) is 0 Å². The second kappa shape index (κ2) is 6.06. The van der Waals surface area contributed by atoms with Gasteiger partial charge in [0.15, 0.2) is 0 Å². The predicted octanol–water partition coefficient (Wildman–Crippen LogP) is 1.55. The molecular weight excluding hydrogens is 302 g/mol. The summed E-state index contributed by atoms with van der Waals surface area (Å²) in [6.45, 7) is 1.57. The molecule has 3 atom stereocenters. The average molecular weight is 325 g/mol. The van der Waals surface area contributed by atoms with E-state index in [0.29, 0.717) is 13.0 Å². The van der Waals surface area contributed by atoms with Crippen molar-refractivity contribution in [3.05, 3.63) is 35.5 Å². The molecule has 1 aromatic carbocycles. The standard InChI is InChI=1S/C19H23N3O2/c20-19(24)17(12-7-8-21-10-12)18(23)11-5-6-16-14(9-11)13-3-1-2-4-15(13)22-16/h1-4,11-12,17,21-22H,5-10H2,(H2,20,24). The first-order chi connectivity index (χ1) is 11.6. The van der Waals surface area contributed by atoms with Gasteiger partial charge in [0.2, 0.25) is 5.91 Å². The van der Waals surface area contributed by atoms with Gasteiger partial charge in [-0.25, -0.2) is 0 Å². The number of hydrogen-bond acceptors (Lipinski definition) is 3. The fourth-order valence-electron chi connectivity index (χ4n) is 4.43. The van der Waals surface area contributed by atoms with Gasteiger partial charge in [0, 0.05) is 22.5 Å². The van der Waals surface area contributed by atoms with Gasteiger partial charge in [-0.05, 0) is 56.3 Å². The minimum atomic E-state index is -0.642. The third kappa shape index (κ3) is 2.53. The fraction of sp³-hybridized carbons (Fsp3) is 0.474. The quantitative estimate of drug-likeness (QED) is 0.745. The molecule has 1 saturated heterocycles. The van der Waals surface area contributed by atoms with Gasteiger partial charge in [-0.3, -0.25) is 9.59 Å². The van der Waals surface area contributed by atoms with E-state index < -0.39 is 11.8 Å². The van der Waals surface area contributed by atoms with Crippen LogP contribution in [-0.2, 0) is 22.4 Å². The number of primary amides is 1. The molecule has 3 unspecified atom stereocenters. The highest BCUT2D eigenvalue weighted by Gasteiger charge is 2.39. The van der Waals surface area contributed by atoms with E-state index in [-0.39, 0.29) is 17.6 Å². The van der Waals surface area contributed by atoms with Crippen LogP contribution >= 0.6 is 0 Å². The molecule has 2 aromatic rings. The lowest BCUT2D eigenvalue weighted by Gasteiger charge is -2.27. The van der Waals surface area contributed by atoms with Crippen molar-refractivity contribution in [3.63, 3.8) is 0 Å². The van der Waals surface area contributed by atoms with Crippen molar-refractivity contribution < 1.29 is 9.59 Å². The molecule has 0 radical (unpaired) electrons. The van der Waals surface area contributed by atoms with E-state index in [4.69, 9.17) is 5.73 Å². The van der Waals surface area contributed by atoms with Crippen LogP contribution in [0.15, 0.2) is 24.3 Å². The molecule has 0 saturated carbocycles. The van der Waals surface area contributed by atoms with Crippen LogP contribution in [0.3, 0.4) is 0 Å². The van der Waals surface area contributed by atoms with E-state index in [1.54, 1.807) is 0 Å². The number of aryl methyl sites for hydroxylation is 1. The first-order valence-corrected chi connectivity index (χ1v) is 8.77. The number of carbonyl (C=O) groups is 2. The number of fused-ring (bicyclic) bond motifs is 3. The molecule has 1 fully saturated rings. The zero-order valence-electron chi connectivity index (χ0n) is 13.7. The second-order valence-electron chi connectivity index (χ2n) is 7.10. The molecular formula is C19H23N3O2. The highest BCUT2D eigenvalue weighted by Crippen LogP contribution is 2.34. The summed E-state index contributed by atoms with van der Waals surface area (Å²) in [4.78, 5) is 28.5. The number of nitrogens with two attached hydrogens (primary N) is 1. The van der Waals surface area contributed by atoms with E-state index in [1.165, 1.54) is 16.6 Å². The van der Waals surface area contributed by atoms with Crippen LogP contribution in [0.5, 0.6) is 0 Å². The lowest BCUT2D eigenvalue weighted by Crippen LogP contribution is -2.41. The zero-order chi connectivity index (χ0) is 16.7. The normalized spacial score (nSPS) is 24.7. The Morgan fingerprint density at radius 3 is 2.79 bits per heavy atom. The number of ketones is 1. The number of rotatable bonds is 4. The van der Waals surface area contributed by atoms with Gasteiger partial charge >= 0.3 is 0 Å². The molecule has 2 aliphatic rings. The zero-order valence-corrected chi connectivity index (χ0v) is 13.7. The first-order valence-electron chi connectivity index (χ1n) is 8.77. The Labute approximate surface area is 141 Å². The van der Waals surface area contributed by atoms with Gasteiger partial charge in [-0.15, -0.1) is 0 Å². The van der Waals surface area contributed by atoms with Crippen LogP contribution in [-0.4, -0.2) is 29.8 Å². The number of H-pyrrole nitrogens is 1. The van der Waals surface area contributed by atoms with E-state index in [0.717, 1.165) is 31.3 Å². The third-order valence-electron chi connectivity index (χ3n) is 5.68. The number of aromatic amines is 1. The largest absolute Gasteiger partial charge is 0.369 e. The second-order valence-corrected chi connectivity index (χ2v) is 7.10. The topological polar surface area (TPSA) is 88.0 Å². The van der Waals surface area contributed by atoms with Crippen molar-refractivity contribution >= 4 is 22.6 Å². The van der Waals surface area contributed by atoms with Gasteiger partial charge in [0.25, 0.3) is 0 Å². The van der Waals surface area contributed by atoms with Crippen molar-refractivity contribution in [1.82, 2.24) is 10.3 Å². The Bertz CT molecular complexity index is 789. The Balaban J connectivity index is 1.61. The fourth-order valence-corrected chi connectivity index (χ4v) is 4.43. The summed E-state index contributed by atoms with van der Waals surface area (Å²) >= 11 is 0. The summed E-state index contributed by atoms with van der Waals surface area (Å²) in [6, 6.07) is 8.21. The van der Waals surface area contributed by atoms with E-state index in [1.807, 2.05) is 12.1 Å². The highest BCUT2D eigenvalue weighted by molar-refractivity contribution is 6.02. The SMILES string of the molecule is NC(=O)C(C(=O)C1CCc2[nH]c3ccccc3c2C1)C1CCNC1. The number of amides is 1. The van der Waals surface area contributed by atoms with Crippen molar-refractivity contribution in [2.75, 3.05) is 13.1 Å². The smallest absolute Gasteiger partial charge is 0.228 e. The summed E-state index contributed by atoms with van der Waals surface area (Å²) in [5, 5.41) is 4.43. The monoisotopic (exact) mass is 325 g/mol. The minimum Gasteiger partial charge on any atom is -0.369 e. The third-order valence-corrected chi connectivity index (χ3v) is 5.68. The molecule has 2 heterocycles. The van der Waals surface area contributed by atoms with Crippen LogP contribution in [0.2, 0.25) is 0 Å². The predicted molar refractivity (Wildman–Crippen MR) is 92.5 cm³/mol. The van der Waals surface area contributed by atoms with Crippen LogP contribution in [0, 0.1) is 17.8 Å². The molecule has 24 heavy (non-hydrogen) atoms. The maximum absolute atomic E-state index is 13.1. The molecule has 1 aliphatic heterocycles. The maximum Gasteiger partial charge on any atom is 0.228 e. The van der Waals surface area contributed by atoms with Gasteiger partial charge in [0.1, 0.15) is 11.7 Å². The minimum absolute atomic E-state index is 0.0483. The Kier molecular flexibility index (Phi) is 3.88. The van der Waals surface area contributed by atoms with Gasteiger partial charge in [-0.2, -0.15) is 0 Å². The average Bonchev–Trinajstić information content (AvgIpc) is 3.21. The molecule has 126 valence electrons. The number of nitrogens with one attached hydrogen (secondary N) is 2. The Hall–Kier alpha value is -2.14. The summed E-state index contributed by atoms with van der Waals surface area (Å²) in [6.07, 6.45) is 3.21. The highest BCUT2D eigenvalue weighted by atomic mass is 16.2. The number of Topliss-reactive ketones (excluding diaryl/α,β-unsaturated/α-hetero) is 1. The molecule has 5 heteroatoms. The van der Waals surface area contributed by atoms with Crippen molar-refractivity contribution in [2.45, 2.75) is 25.7 Å². The van der Waals surface area contributed by atoms with Crippen LogP contribution in [0.1, 0.15) is 24.1 Å². The molecule has 1 amide bonds. The number of hydrogen-bond donors (Lipinski definition) is 3. The summed E-state index contributed by atoms with van der Waals surface area (Å²) in [5.41, 5.74) is 9.20. The number of benzene rings is 1. The molecule has 5 nitrogen and oxygen atoms in total. The Morgan fingerprint density at radius 1 is 1.21 bits per heavy atom. The van der Waals surface area contributed by atoms with Gasteiger partial charge < -0.3 is 16.0 Å². The van der Waals surface area contributed by atoms with Crippen LogP contribution in [0.4, 0.5) is 0 Å². The van der Waals surface area contributed by atoms with Crippen molar-refractivity contribution in [2.24, 2.45) is 23.5 Å². The molecule has 1 aliphatic carbocycles. The lowest BCUT2D eigenvalue weighted by molar-refractivity contribution is -0.137. The number of aromatic nitrogens is 1. The first kappa shape index (κ1) is 15.4. The molecule has 0 bridgehead atoms. The summed E-state index contributed by atoms with van der Waals surface area (Å²) < 4.78 is 0. The van der Waals surface area contributed by atoms with Crippen LogP contribution < -0.4 is 11.1 Å². The van der Waals surface area contributed by atoms with Gasteiger partial charge in [0.05, 0.1) is 0 Å². The molecule has 4 N–H and O–H groups in total. The summed E-state index contributed by atoms with van der Waals surface area (Å²) in [5.74, 6) is -1.10. The van der Waals surface area contributed by atoms with E-state index >= 15 is 0 Å². The number of carbonyl (C=O) groups excluding carboxylic acids is 2. The summed E-state index contributed by atoms with van der Waals surface area (Å²) in [7, 11) is 0.